The Morgan fingerprint density at radius 2 is 1.88 bits per heavy atom. The van der Waals surface area contributed by atoms with Gasteiger partial charge < -0.3 is 14.4 Å². The summed E-state index contributed by atoms with van der Waals surface area (Å²) in [5.74, 6) is 0.895. The minimum atomic E-state index is 0.745. The van der Waals surface area contributed by atoms with Crippen molar-refractivity contribution in [1.82, 2.24) is 0 Å². The second-order valence-electron chi connectivity index (χ2n) is 4.27. The molecule has 0 unspecified atom stereocenters. The van der Waals surface area contributed by atoms with Gasteiger partial charge in [-0.05, 0) is 24.3 Å². The van der Waals surface area contributed by atoms with Crippen molar-refractivity contribution in [2.45, 2.75) is 6.42 Å². The van der Waals surface area contributed by atoms with Crippen molar-refractivity contribution >= 4 is 11.6 Å². The summed E-state index contributed by atoms with van der Waals surface area (Å²) in [5.41, 5.74) is 0. The number of hydrogen-bond donors (Lipinski definition) is 1. The van der Waals surface area contributed by atoms with Crippen molar-refractivity contribution in [3.05, 3.63) is 29.3 Å². The maximum absolute atomic E-state index is 5.80. The molecule has 17 heavy (non-hydrogen) atoms. The van der Waals surface area contributed by atoms with Crippen LogP contribution in [0.1, 0.15) is 6.42 Å². The lowest BCUT2D eigenvalue weighted by atomic mass is 10.3. The van der Waals surface area contributed by atoms with E-state index in [9.17, 15) is 0 Å². The lowest BCUT2D eigenvalue weighted by molar-refractivity contribution is -0.908. The molecule has 1 fully saturated rings. The quantitative estimate of drug-likeness (QED) is 0.796. The molecule has 3 nitrogen and oxygen atoms in total. The van der Waals surface area contributed by atoms with Crippen LogP contribution in [0.15, 0.2) is 24.3 Å². The summed E-state index contributed by atoms with van der Waals surface area (Å²) >= 11 is 5.80. The molecule has 1 N–H and O–H groups in total. The van der Waals surface area contributed by atoms with Crippen LogP contribution >= 0.6 is 11.6 Å². The standard InChI is InChI=1S/C13H18ClNO2/c14-12-2-4-13(5-3-12)17-9-1-6-15-7-10-16-11-8-15/h2-5H,1,6-11H2/p+1. The van der Waals surface area contributed by atoms with Crippen LogP contribution in [0.3, 0.4) is 0 Å². The van der Waals surface area contributed by atoms with E-state index in [0.717, 1.165) is 56.6 Å². The third-order valence-electron chi connectivity index (χ3n) is 2.96. The molecule has 0 atom stereocenters. The van der Waals surface area contributed by atoms with E-state index < -0.39 is 0 Å². The van der Waals surface area contributed by atoms with Crippen LogP contribution in [0.25, 0.3) is 0 Å². The van der Waals surface area contributed by atoms with Gasteiger partial charge in [0.15, 0.2) is 0 Å². The fourth-order valence-electron chi connectivity index (χ4n) is 1.95. The molecule has 4 heteroatoms. The van der Waals surface area contributed by atoms with Gasteiger partial charge in [-0.2, -0.15) is 0 Å². The number of benzene rings is 1. The first-order valence-corrected chi connectivity index (χ1v) is 6.52. The van der Waals surface area contributed by atoms with Crippen LogP contribution in [0.5, 0.6) is 5.75 Å². The maximum Gasteiger partial charge on any atom is 0.119 e. The first-order valence-electron chi connectivity index (χ1n) is 6.14. The molecule has 1 heterocycles. The molecule has 0 amide bonds. The van der Waals surface area contributed by atoms with Gasteiger partial charge in [0.25, 0.3) is 0 Å². The second kappa shape index (κ2) is 6.84. The molecule has 0 aliphatic carbocycles. The summed E-state index contributed by atoms with van der Waals surface area (Å²) in [6, 6.07) is 7.52. The Hall–Kier alpha value is -0.770. The highest BCUT2D eigenvalue weighted by molar-refractivity contribution is 6.30. The first kappa shape index (κ1) is 12.7. The van der Waals surface area contributed by atoms with Crippen molar-refractivity contribution in [3.63, 3.8) is 0 Å². The fraction of sp³-hybridized carbons (Fsp3) is 0.538. The van der Waals surface area contributed by atoms with Gasteiger partial charge in [0.05, 0.1) is 26.4 Å². The Bertz CT molecular complexity index is 323. The lowest BCUT2D eigenvalue weighted by Crippen LogP contribution is -3.14. The van der Waals surface area contributed by atoms with Gasteiger partial charge in [-0.1, -0.05) is 11.6 Å². The summed E-state index contributed by atoms with van der Waals surface area (Å²) < 4.78 is 11.0. The number of rotatable bonds is 5. The van der Waals surface area contributed by atoms with Crippen LogP contribution in [-0.2, 0) is 4.74 Å². The molecule has 1 aliphatic heterocycles. The third-order valence-corrected chi connectivity index (χ3v) is 3.21. The molecular formula is C13H19ClNO2+. The number of ether oxygens (including phenoxy) is 2. The zero-order valence-electron chi connectivity index (χ0n) is 9.95. The Morgan fingerprint density at radius 1 is 1.18 bits per heavy atom. The highest BCUT2D eigenvalue weighted by Crippen LogP contribution is 2.15. The van der Waals surface area contributed by atoms with Crippen molar-refractivity contribution < 1.29 is 14.4 Å². The normalized spacial score (nSPS) is 17.0. The van der Waals surface area contributed by atoms with E-state index in [1.807, 2.05) is 24.3 Å². The van der Waals surface area contributed by atoms with E-state index in [1.165, 1.54) is 0 Å². The Morgan fingerprint density at radius 3 is 2.59 bits per heavy atom. The predicted octanol–water partition coefficient (Wildman–Crippen LogP) is 1.02. The van der Waals surface area contributed by atoms with E-state index in [0.29, 0.717) is 0 Å². The van der Waals surface area contributed by atoms with Gasteiger partial charge in [-0.25, -0.2) is 0 Å². The van der Waals surface area contributed by atoms with Crippen LogP contribution in [0.2, 0.25) is 5.02 Å². The van der Waals surface area contributed by atoms with Crippen LogP contribution in [0, 0.1) is 0 Å². The number of quaternary nitrogens is 1. The van der Waals surface area contributed by atoms with Crippen molar-refractivity contribution in [3.8, 4) is 5.75 Å². The molecule has 94 valence electrons. The van der Waals surface area contributed by atoms with Crippen LogP contribution in [-0.4, -0.2) is 39.5 Å². The van der Waals surface area contributed by atoms with Gasteiger partial charge in [-0.3, -0.25) is 0 Å². The molecule has 0 aromatic heterocycles. The molecule has 0 radical (unpaired) electrons. The molecule has 1 aromatic carbocycles. The number of hydrogen-bond acceptors (Lipinski definition) is 2. The van der Waals surface area contributed by atoms with Gasteiger partial charge >= 0.3 is 0 Å². The smallest absolute Gasteiger partial charge is 0.119 e. The van der Waals surface area contributed by atoms with Crippen LogP contribution < -0.4 is 9.64 Å². The topological polar surface area (TPSA) is 22.9 Å². The largest absolute Gasteiger partial charge is 0.493 e. The summed E-state index contributed by atoms with van der Waals surface area (Å²) in [6.45, 7) is 5.98. The van der Waals surface area contributed by atoms with Crippen molar-refractivity contribution in [2.24, 2.45) is 0 Å². The molecular weight excluding hydrogens is 238 g/mol. The molecule has 0 saturated carbocycles. The predicted molar refractivity (Wildman–Crippen MR) is 67.9 cm³/mol. The molecule has 0 spiro atoms. The van der Waals surface area contributed by atoms with Crippen molar-refractivity contribution in [2.75, 3.05) is 39.5 Å². The van der Waals surface area contributed by atoms with Gasteiger partial charge in [0, 0.05) is 11.4 Å². The van der Waals surface area contributed by atoms with Gasteiger partial charge in [0.1, 0.15) is 18.8 Å². The Labute approximate surface area is 107 Å². The summed E-state index contributed by atoms with van der Waals surface area (Å²) in [7, 11) is 0. The molecule has 0 bridgehead atoms. The molecule has 1 aliphatic rings. The SMILES string of the molecule is Clc1ccc(OCCC[NH+]2CCOCC2)cc1. The van der Waals surface area contributed by atoms with Crippen LogP contribution in [0.4, 0.5) is 0 Å². The Kier molecular flexibility index (Phi) is 5.10. The lowest BCUT2D eigenvalue weighted by Gasteiger charge is -2.23. The van der Waals surface area contributed by atoms with E-state index in [1.54, 1.807) is 4.90 Å². The number of halogens is 1. The summed E-state index contributed by atoms with van der Waals surface area (Å²) in [5, 5.41) is 0.745. The van der Waals surface area contributed by atoms with E-state index in [4.69, 9.17) is 21.1 Å². The zero-order chi connectivity index (χ0) is 11.9. The Balaban J connectivity index is 1.60. The summed E-state index contributed by atoms with van der Waals surface area (Å²) in [4.78, 5) is 1.62. The van der Waals surface area contributed by atoms with Crippen molar-refractivity contribution in [1.29, 1.82) is 0 Å². The zero-order valence-corrected chi connectivity index (χ0v) is 10.7. The minimum absolute atomic E-state index is 0.745. The maximum atomic E-state index is 5.80. The average molecular weight is 257 g/mol. The monoisotopic (exact) mass is 256 g/mol. The molecule has 2 rings (SSSR count). The first-order chi connectivity index (χ1) is 8.34. The summed E-state index contributed by atoms with van der Waals surface area (Å²) in [6.07, 6.45) is 1.08. The number of morpholine rings is 1. The van der Waals surface area contributed by atoms with E-state index >= 15 is 0 Å². The number of nitrogens with one attached hydrogen (secondary N) is 1. The highest BCUT2D eigenvalue weighted by atomic mass is 35.5. The van der Waals surface area contributed by atoms with E-state index in [-0.39, 0.29) is 0 Å². The van der Waals surface area contributed by atoms with E-state index in [2.05, 4.69) is 0 Å². The average Bonchev–Trinajstić information content (AvgIpc) is 2.38. The highest BCUT2D eigenvalue weighted by Gasteiger charge is 2.12. The molecule has 1 saturated heterocycles. The minimum Gasteiger partial charge on any atom is -0.493 e. The fourth-order valence-corrected chi connectivity index (χ4v) is 2.08. The second-order valence-corrected chi connectivity index (χ2v) is 4.70. The third kappa shape index (κ3) is 4.54. The van der Waals surface area contributed by atoms with Gasteiger partial charge in [0.2, 0.25) is 0 Å². The van der Waals surface area contributed by atoms with Gasteiger partial charge in [-0.15, -0.1) is 0 Å². The molecule has 1 aromatic rings.